The van der Waals surface area contributed by atoms with E-state index >= 15 is 0 Å². The van der Waals surface area contributed by atoms with E-state index in [1.54, 1.807) is 13.2 Å². The standard InChI is InChI=1S/C15H23NO3/c1-6-19-13-8-7-11(9-12(13)10-18-5)14(17)16-15(2,3)4/h7-9H,6,10H2,1-5H3,(H,16,17). The van der Waals surface area contributed by atoms with Gasteiger partial charge in [0.25, 0.3) is 5.91 Å². The molecule has 1 rings (SSSR count). The molecule has 0 heterocycles. The summed E-state index contributed by atoms with van der Waals surface area (Å²) >= 11 is 0. The van der Waals surface area contributed by atoms with Gasteiger partial charge in [-0.15, -0.1) is 0 Å². The summed E-state index contributed by atoms with van der Waals surface area (Å²) in [6.45, 7) is 8.80. The van der Waals surface area contributed by atoms with Crippen LogP contribution in [0.1, 0.15) is 43.6 Å². The topological polar surface area (TPSA) is 47.6 Å². The van der Waals surface area contributed by atoms with Crippen molar-refractivity contribution in [3.05, 3.63) is 29.3 Å². The molecule has 0 aliphatic rings. The first-order valence-corrected chi connectivity index (χ1v) is 6.44. The molecule has 0 radical (unpaired) electrons. The SMILES string of the molecule is CCOc1ccc(C(=O)NC(C)(C)C)cc1COC. The highest BCUT2D eigenvalue weighted by atomic mass is 16.5. The lowest BCUT2D eigenvalue weighted by Gasteiger charge is -2.21. The highest BCUT2D eigenvalue weighted by Crippen LogP contribution is 2.21. The first-order chi connectivity index (χ1) is 8.87. The zero-order chi connectivity index (χ0) is 14.5. The Morgan fingerprint density at radius 3 is 2.53 bits per heavy atom. The van der Waals surface area contributed by atoms with Gasteiger partial charge in [0, 0.05) is 23.8 Å². The summed E-state index contributed by atoms with van der Waals surface area (Å²) in [4.78, 5) is 12.1. The molecule has 19 heavy (non-hydrogen) atoms. The summed E-state index contributed by atoms with van der Waals surface area (Å²) < 4.78 is 10.7. The van der Waals surface area contributed by atoms with E-state index in [1.807, 2.05) is 39.8 Å². The molecule has 4 heteroatoms. The first-order valence-electron chi connectivity index (χ1n) is 6.44. The Hall–Kier alpha value is -1.55. The molecule has 1 N–H and O–H groups in total. The second-order valence-corrected chi connectivity index (χ2v) is 5.39. The summed E-state index contributed by atoms with van der Waals surface area (Å²) in [5.74, 6) is 0.671. The predicted octanol–water partition coefficient (Wildman–Crippen LogP) is 2.76. The summed E-state index contributed by atoms with van der Waals surface area (Å²) in [5, 5.41) is 2.94. The van der Waals surface area contributed by atoms with Gasteiger partial charge in [0.2, 0.25) is 0 Å². The summed E-state index contributed by atoms with van der Waals surface area (Å²) in [5.41, 5.74) is 1.24. The molecule has 0 aromatic heterocycles. The van der Waals surface area contributed by atoms with Crippen molar-refractivity contribution in [2.45, 2.75) is 39.8 Å². The van der Waals surface area contributed by atoms with E-state index in [4.69, 9.17) is 9.47 Å². The largest absolute Gasteiger partial charge is 0.494 e. The quantitative estimate of drug-likeness (QED) is 0.890. The molecule has 0 aliphatic heterocycles. The van der Waals surface area contributed by atoms with Gasteiger partial charge in [-0.1, -0.05) is 0 Å². The van der Waals surface area contributed by atoms with Gasteiger partial charge in [0.1, 0.15) is 5.75 Å². The molecule has 1 amide bonds. The molecule has 0 bridgehead atoms. The van der Waals surface area contributed by atoms with Crippen molar-refractivity contribution in [1.29, 1.82) is 0 Å². The Morgan fingerprint density at radius 2 is 2.00 bits per heavy atom. The number of benzene rings is 1. The molecule has 4 nitrogen and oxygen atoms in total. The van der Waals surface area contributed by atoms with E-state index in [0.29, 0.717) is 18.8 Å². The van der Waals surface area contributed by atoms with Crippen LogP contribution in [0.2, 0.25) is 0 Å². The maximum Gasteiger partial charge on any atom is 0.251 e. The number of methoxy groups -OCH3 is 1. The van der Waals surface area contributed by atoms with Crippen molar-refractivity contribution in [1.82, 2.24) is 5.32 Å². The van der Waals surface area contributed by atoms with E-state index in [0.717, 1.165) is 11.3 Å². The van der Waals surface area contributed by atoms with Crippen molar-refractivity contribution < 1.29 is 14.3 Å². The van der Waals surface area contributed by atoms with Crippen LogP contribution >= 0.6 is 0 Å². The van der Waals surface area contributed by atoms with Crippen molar-refractivity contribution in [2.75, 3.05) is 13.7 Å². The van der Waals surface area contributed by atoms with Crippen molar-refractivity contribution in [3.63, 3.8) is 0 Å². The number of amides is 1. The summed E-state index contributed by atoms with van der Waals surface area (Å²) in [7, 11) is 1.62. The van der Waals surface area contributed by atoms with E-state index < -0.39 is 0 Å². The van der Waals surface area contributed by atoms with Crippen LogP contribution < -0.4 is 10.1 Å². The molecule has 0 spiro atoms. The van der Waals surface area contributed by atoms with E-state index in [2.05, 4.69) is 5.32 Å². The lowest BCUT2D eigenvalue weighted by Crippen LogP contribution is -2.40. The zero-order valence-electron chi connectivity index (χ0n) is 12.4. The van der Waals surface area contributed by atoms with Crippen LogP contribution in [0.3, 0.4) is 0 Å². The van der Waals surface area contributed by atoms with Gasteiger partial charge in [-0.25, -0.2) is 0 Å². The lowest BCUT2D eigenvalue weighted by atomic mass is 10.1. The Balaban J connectivity index is 2.97. The van der Waals surface area contributed by atoms with Crippen LogP contribution in [0.5, 0.6) is 5.75 Å². The van der Waals surface area contributed by atoms with E-state index in [9.17, 15) is 4.79 Å². The van der Waals surface area contributed by atoms with E-state index in [-0.39, 0.29) is 11.4 Å². The fraction of sp³-hybridized carbons (Fsp3) is 0.533. The highest BCUT2D eigenvalue weighted by Gasteiger charge is 2.16. The number of carbonyl (C=O) groups excluding carboxylic acids is 1. The third kappa shape index (κ3) is 4.91. The van der Waals surface area contributed by atoms with Gasteiger partial charge < -0.3 is 14.8 Å². The monoisotopic (exact) mass is 265 g/mol. The van der Waals surface area contributed by atoms with Crippen LogP contribution in [-0.4, -0.2) is 25.2 Å². The average molecular weight is 265 g/mol. The van der Waals surface area contributed by atoms with Gasteiger partial charge in [-0.2, -0.15) is 0 Å². The van der Waals surface area contributed by atoms with E-state index in [1.165, 1.54) is 0 Å². The number of nitrogens with one attached hydrogen (secondary N) is 1. The molecule has 1 aromatic carbocycles. The third-order valence-electron chi connectivity index (χ3n) is 2.41. The van der Waals surface area contributed by atoms with Crippen LogP contribution in [0.15, 0.2) is 18.2 Å². The first kappa shape index (κ1) is 15.5. The predicted molar refractivity (Wildman–Crippen MR) is 75.5 cm³/mol. The number of ether oxygens (including phenoxy) is 2. The molecular weight excluding hydrogens is 242 g/mol. The molecule has 0 atom stereocenters. The molecule has 0 unspecified atom stereocenters. The van der Waals surface area contributed by atoms with Gasteiger partial charge in [-0.05, 0) is 45.9 Å². The van der Waals surface area contributed by atoms with Gasteiger partial charge >= 0.3 is 0 Å². The van der Waals surface area contributed by atoms with Crippen LogP contribution in [0, 0.1) is 0 Å². The maximum atomic E-state index is 12.1. The fourth-order valence-electron chi connectivity index (χ4n) is 1.70. The molecule has 0 saturated carbocycles. The Morgan fingerprint density at radius 1 is 1.32 bits per heavy atom. The van der Waals surface area contributed by atoms with Crippen LogP contribution in [0.4, 0.5) is 0 Å². The Kier molecular flexibility index (Phi) is 5.36. The van der Waals surface area contributed by atoms with Crippen molar-refractivity contribution in [2.24, 2.45) is 0 Å². The molecule has 1 aromatic rings. The number of hydrogen-bond donors (Lipinski definition) is 1. The molecular formula is C15H23NO3. The summed E-state index contributed by atoms with van der Waals surface area (Å²) in [6.07, 6.45) is 0. The van der Waals surface area contributed by atoms with Gasteiger partial charge in [-0.3, -0.25) is 4.79 Å². The molecule has 0 aliphatic carbocycles. The number of hydrogen-bond acceptors (Lipinski definition) is 3. The zero-order valence-corrected chi connectivity index (χ0v) is 12.4. The van der Waals surface area contributed by atoms with Crippen LogP contribution in [0.25, 0.3) is 0 Å². The molecule has 106 valence electrons. The molecule has 0 saturated heterocycles. The lowest BCUT2D eigenvalue weighted by molar-refractivity contribution is 0.0919. The minimum Gasteiger partial charge on any atom is -0.494 e. The number of carbonyl (C=O) groups is 1. The minimum atomic E-state index is -0.253. The third-order valence-corrected chi connectivity index (χ3v) is 2.41. The smallest absolute Gasteiger partial charge is 0.251 e. The Bertz CT molecular complexity index is 436. The average Bonchev–Trinajstić information content (AvgIpc) is 2.29. The van der Waals surface area contributed by atoms with Crippen molar-refractivity contribution in [3.8, 4) is 5.75 Å². The number of rotatable bonds is 5. The summed E-state index contributed by atoms with van der Waals surface area (Å²) in [6, 6.07) is 5.40. The van der Waals surface area contributed by atoms with Gasteiger partial charge in [0.15, 0.2) is 0 Å². The Labute approximate surface area is 115 Å². The molecule has 0 fully saturated rings. The normalized spacial score (nSPS) is 11.2. The maximum absolute atomic E-state index is 12.1. The highest BCUT2D eigenvalue weighted by molar-refractivity contribution is 5.95. The second-order valence-electron chi connectivity index (χ2n) is 5.39. The van der Waals surface area contributed by atoms with Gasteiger partial charge in [0.05, 0.1) is 13.2 Å². The van der Waals surface area contributed by atoms with Crippen LogP contribution in [-0.2, 0) is 11.3 Å². The second kappa shape index (κ2) is 6.57. The minimum absolute atomic E-state index is 0.0899. The fourth-order valence-corrected chi connectivity index (χ4v) is 1.70. The van der Waals surface area contributed by atoms with Crippen molar-refractivity contribution >= 4 is 5.91 Å².